The standard InChI is InChI=1S/C23H32ClN3O4/c1-5-29-19-13-17(15-25-10-8-12-30-22-9-6-7-11-26-22)18(24)14-20(19)31-16-21(28)27-23(2,3)4/h6-7,9,11,13-14,25H,5,8,10,12,15-16H2,1-4H3,(H,27,28). The summed E-state index contributed by atoms with van der Waals surface area (Å²) in [4.78, 5) is 16.2. The van der Waals surface area contributed by atoms with E-state index < -0.39 is 0 Å². The minimum absolute atomic E-state index is 0.110. The first kappa shape index (κ1) is 24.8. The third-order valence-electron chi connectivity index (χ3n) is 3.99. The smallest absolute Gasteiger partial charge is 0.258 e. The van der Waals surface area contributed by atoms with Crippen molar-refractivity contribution in [2.75, 3.05) is 26.4 Å². The molecule has 2 N–H and O–H groups in total. The molecule has 0 fully saturated rings. The van der Waals surface area contributed by atoms with Crippen LogP contribution in [0.5, 0.6) is 17.4 Å². The maximum Gasteiger partial charge on any atom is 0.258 e. The zero-order valence-corrected chi connectivity index (χ0v) is 19.4. The molecule has 0 aliphatic carbocycles. The monoisotopic (exact) mass is 449 g/mol. The van der Waals surface area contributed by atoms with Crippen molar-refractivity contribution in [3.8, 4) is 17.4 Å². The average molecular weight is 450 g/mol. The van der Waals surface area contributed by atoms with Crippen LogP contribution in [0.4, 0.5) is 0 Å². The molecule has 0 saturated carbocycles. The number of carbonyl (C=O) groups is 1. The molecule has 1 aromatic carbocycles. The van der Waals surface area contributed by atoms with Crippen LogP contribution in [0.15, 0.2) is 36.5 Å². The first-order valence-corrected chi connectivity index (χ1v) is 10.8. The third-order valence-corrected chi connectivity index (χ3v) is 4.34. The average Bonchev–Trinajstić information content (AvgIpc) is 2.71. The fraction of sp³-hybridized carbons (Fsp3) is 0.478. The normalized spacial score (nSPS) is 11.1. The highest BCUT2D eigenvalue weighted by atomic mass is 35.5. The van der Waals surface area contributed by atoms with Crippen LogP contribution >= 0.6 is 11.6 Å². The van der Waals surface area contributed by atoms with Crippen molar-refractivity contribution in [2.24, 2.45) is 0 Å². The lowest BCUT2D eigenvalue weighted by Crippen LogP contribution is -2.43. The molecule has 2 rings (SSSR count). The van der Waals surface area contributed by atoms with E-state index in [-0.39, 0.29) is 18.1 Å². The number of halogens is 1. The van der Waals surface area contributed by atoms with Gasteiger partial charge in [-0.1, -0.05) is 17.7 Å². The molecule has 0 aliphatic heterocycles. The molecule has 0 radical (unpaired) electrons. The van der Waals surface area contributed by atoms with Crippen LogP contribution < -0.4 is 24.8 Å². The van der Waals surface area contributed by atoms with Crippen LogP contribution in [0.1, 0.15) is 39.7 Å². The largest absolute Gasteiger partial charge is 0.490 e. The lowest BCUT2D eigenvalue weighted by molar-refractivity contribution is -0.124. The van der Waals surface area contributed by atoms with Crippen molar-refractivity contribution < 1.29 is 19.0 Å². The number of rotatable bonds is 12. The molecule has 0 bridgehead atoms. The van der Waals surface area contributed by atoms with Gasteiger partial charge in [0, 0.05) is 35.4 Å². The highest BCUT2D eigenvalue weighted by Gasteiger charge is 2.16. The third kappa shape index (κ3) is 9.44. The predicted molar refractivity (Wildman–Crippen MR) is 122 cm³/mol. The van der Waals surface area contributed by atoms with E-state index in [4.69, 9.17) is 25.8 Å². The molecule has 170 valence electrons. The van der Waals surface area contributed by atoms with Gasteiger partial charge in [0.2, 0.25) is 5.88 Å². The number of amides is 1. The summed E-state index contributed by atoms with van der Waals surface area (Å²) in [6, 6.07) is 9.12. The maximum absolute atomic E-state index is 12.0. The SMILES string of the molecule is CCOc1cc(CNCCCOc2ccccn2)c(Cl)cc1OCC(=O)NC(C)(C)C. The van der Waals surface area contributed by atoms with Gasteiger partial charge in [-0.2, -0.15) is 0 Å². The van der Waals surface area contributed by atoms with Crippen molar-refractivity contribution in [3.05, 3.63) is 47.1 Å². The Morgan fingerprint density at radius 2 is 1.90 bits per heavy atom. The molecule has 7 nitrogen and oxygen atoms in total. The summed E-state index contributed by atoms with van der Waals surface area (Å²) in [5.41, 5.74) is 0.571. The van der Waals surface area contributed by atoms with Crippen LogP contribution in [-0.2, 0) is 11.3 Å². The molecular formula is C23H32ClN3O4. The molecule has 0 unspecified atom stereocenters. The summed E-state index contributed by atoms with van der Waals surface area (Å²) in [5, 5.41) is 6.76. The van der Waals surface area contributed by atoms with Gasteiger partial charge < -0.3 is 24.8 Å². The molecule has 2 aromatic rings. The van der Waals surface area contributed by atoms with Crippen LogP contribution in [0.25, 0.3) is 0 Å². The van der Waals surface area contributed by atoms with Crippen molar-refractivity contribution in [3.63, 3.8) is 0 Å². The highest BCUT2D eigenvalue weighted by molar-refractivity contribution is 6.31. The summed E-state index contributed by atoms with van der Waals surface area (Å²) in [7, 11) is 0. The molecule has 0 aliphatic rings. The van der Waals surface area contributed by atoms with Gasteiger partial charge in [0.05, 0.1) is 13.2 Å². The molecule has 1 amide bonds. The van der Waals surface area contributed by atoms with Gasteiger partial charge in [-0.15, -0.1) is 0 Å². The zero-order chi connectivity index (χ0) is 22.7. The van der Waals surface area contributed by atoms with Gasteiger partial charge in [0.15, 0.2) is 18.1 Å². The number of benzene rings is 1. The minimum atomic E-state index is -0.320. The lowest BCUT2D eigenvalue weighted by Gasteiger charge is -2.21. The predicted octanol–water partition coefficient (Wildman–Crippen LogP) is 3.99. The van der Waals surface area contributed by atoms with Gasteiger partial charge >= 0.3 is 0 Å². The van der Waals surface area contributed by atoms with E-state index in [1.165, 1.54) is 0 Å². The Kier molecular flexibility index (Phi) is 9.88. The van der Waals surface area contributed by atoms with Gasteiger partial charge in [-0.25, -0.2) is 4.98 Å². The van der Waals surface area contributed by atoms with Crippen LogP contribution in [-0.4, -0.2) is 42.8 Å². The van der Waals surface area contributed by atoms with Crippen molar-refractivity contribution >= 4 is 17.5 Å². The second-order valence-corrected chi connectivity index (χ2v) is 8.36. The molecular weight excluding hydrogens is 418 g/mol. The number of hydrogen-bond donors (Lipinski definition) is 2. The number of nitrogens with one attached hydrogen (secondary N) is 2. The molecule has 1 heterocycles. The number of hydrogen-bond acceptors (Lipinski definition) is 6. The Morgan fingerprint density at radius 3 is 2.58 bits per heavy atom. The molecule has 0 spiro atoms. The lowest BCUT2D eigenvalue weighted by atomic mass is 10.1. The van der Waals surface area contributed by atoms with Crippen molar-refractivity contribution in [2.45, 2.75) is 46.2 Å². The van der Waals surface area contributed by atoms with Gasteiger partial charge in [0.1, 0.15) is 0 Å². The Balaban J connectivity index is 1.85. The summed E-state index contributed by atoms with van der Waals surface area (Å²) in [6.45, 7) is 9.92. The fourth-order valence-corrected chi connectivity index (χ4v) is 2.94. The summed E-state index contributed by atoms with van der Waals surface area (Å²) < 4.78 is 16.9. The van der Waals surface area contributed by atoms with Crippen LogP contribution in [0.3, 0.4) is 0 Å². The minimum Gasteiger partial charge on any atom is -0.490 e. The molecule has 31 heavy (non-hydrogen) atoms. The number of pyridine rings is 1. The van der Waals surface area contributed by atoms with E-state index in [1.54, 1.807) is 12.3 Å². The fourth-order valence-electron chi connectivity index (χ4n) is 2.72. The van der Waals surface area contributed by atoms with E-state index in [0.717, 1.165) is 18.5 Å². The second-order valence-electron chi connectivity index (χ2n) is 7.96. The molecule has 1 aromatic heterocycles. The second kappa shape index (κ2) is 12.4. The topological polar surface area (TPSA) is 81.7 Å². The van der Waals surface area contributed by atoms with E-state index in [9.17, 15) is 4.79 Å². The Labute approximate surface area is 189 Å². The summed E-state index contributed by atoms with van der Waals surface area (Å²) in [6.07, 6.45) is 2.53. The summed E-state index contributed by atoms with van der Waals surface area (Å²) >= 11 is 6.43. The molecule has 8 heteroatoms. The number of ether oxygens (including phenoxy) is 3. The van der Waals surface area contributed by atoms with E-state index in [1.807, 2.05) is 52.0 Å². The zero-order valence-electron chi connectivity index (χ0n) is 18.7. The van der Waals surface area contributed by atoms with E-state index in [0.29, 0.717) is 42.2 Å². The quantitative estimate of drug-likeness (QED) is 0.477. The van der Waals surface area contributed by atoms with E-state index >= 15 is 0 Å². The van der Waals surface area contributed by atoms with Gasteiger partial charge in [0.25, 0.3) is 5.91 Å². The van der Waals surface area contributed by atoms with E-state index in [2.05, 4.69) is 15.6 Å². The Bertz CT molecular complexity index is 826. The van der Waals surface area contributed by atoms with Crippen LogP contribution in [0, 0.1) is 0 Å². The van der Waals surface area contributed by atoms with Crippen LogP contribution in [0.2, 0.25) is 5.02 Å². The van der Waals surface area contributed by atoms with Crippen molar-refractivity contribution in [1.29, 1.82) is 0 Å². The highest BCUT2D eigenvalue weighted by Crippen LogP contribution is 2.33. The Morgan fingerprint density at radius 1 is 1.13 bits per heavy atom. The first-order chi connectivity index (χ1) is 14.8. The molecule has 0 atom stereocenters. The maximum atomic E-state index is 12.0. The Hall–Kier alpha value is -2.51. The van der Waals surface area contributed by atoms with Gasteiger partial charge in [-0.3, -0.25) is 4.79 Å². The number of carbonyl (C=O) groups excluding carboxylic acids is 1. The summed E-state index contributed by atoms with van der Waals surface area (Å²) in [5.74, 6) is 1.43. The molecule has 0 saturated heterocycles. The first-order valence-electron chi connectivity index (χ1n) is 10.4. The van der Waals surface area contributed by atoms with Crippen molar-refractivity contribution in [1.82, 2.24) is 15.6 Å². The van der Waals surface area contributed by atoms with Gasteiger partial charge in [-0.05, 0) is 58.4 Å². The number of nitrogens with zero attached hydrogens (tertiary/aromatic N) is 1. The number of aromatic nitrogens is 1.